The molecule has 4 atom stereocenters. The first-order chi connectivity index (χ1) is 16.3. The fraction of sp³-hybridized carbons (Fsp3) is 0.714. The molecule has 188 valence electrons. The second-order valence-electron chi connectivity index (χ2n) is 11.5. The number of hydrogen-bond acceptors (Lipinski definition) is 5. The van der Waals surface area contributed by atoms with Crippen molar-refractivity contribution in [1.82, 2.24) is 10.6 Å². The normalized spacial score (nSPS) is 29.8. The largest absolute Gasteiger partial charge is 0.385 e. The second kappa shape index (κ2) is 10.7. The number of imide groups is 1. The molecule has 3 fully saturated rings. The van der Waals surface area contributed by atoms with E-state index >= 15 is 0 Å². The van der Waals surface area contributed by atoms with Gasteiger partial charge in [0.1, 0.15) is 6.04 Å². The summed E-state index contributed by atoms with van der Waals surface area (Å²) in [6, 6.07) is 8.42. The Balaban J connectivity index is 1.03. The molecule has 1 saturated heterocycles. The molecule has 2 bridgehead atoms. The zero-order chi connectivity index (χ0) is 24.2. The molecule has 4 rings (SSSR count). The third-order valence-electron chi connectivity index (χ3n) is 9.33. The van der Waals surface area contributed by atoms with E-state index in [1.807, 2.05) is 24.3 Å². The lowest BCUT2D eigenvalue weighted by Gasteiger charge is -2.39. The van der Waals surface area contributed by atoms with Crippen molar-refractivity contribution in [1.29, 1.82) is 0 Å². The van der Waals surface area contributed by atoms with Crippen molar-refractivity contribution in [2.24, 2.45) is 16.7 Å². The molecular weight excluding hydrogens is 424 g/mol. The molecule has 6 heteroatoms. The molecule has 1 aromatic carbocycles. The number of anilines is 2. The number of carbonyl (C=O) groups is 2. The molecule has 2 saturated carbocycles. The molecule has 1 aromatic rings. The van der Waals surface area contributed by atoms with Gasteiger partial charge < -0.3 is 16.0 Å². The van der Waals surface area contributed by atoms with Crippen molar-refractivity contribution < 1.29 is 9.59 Å². The summed E-state index contributed by atoms with van der Waals surface area (Å²) in [5.41, 5.74) is 2.99. The number of hydrogen-bond donors (Lipinski definition) is 4. The number of nitrogens with one attached hydrogen (secondary N) is 4. The third-order valence-corrected chi connectivity index (χ3v) is 9.33. The average molecular weight is 469 g/mol. The highest BCUT2D eigenvalue weighted by atomic mass is 16.2. The molecule has 1 unspecified atom stereocenters. The van der Waals surface area contributed by atoms with Crippen molar-refractivity contribution in [3.05, 3.63) is 24.3 Å². The first-order valence-corrected chi connectivity index (χ1v) is 13.5. The van der Waals surface area contributed by atoms with Crippen molar-refractivity contribution in [2.45, 2.75) is 97.1 Å². The molecule has 0 spiro atoms. The lowest BCUT2D eigenvalue weighted by Crippen LogP contribution is -2.47. The Hall–Kier alpha value is -2.08. The Kier molecular flexibility index (Phi) is 7.86. The molecule has 34 heavy (non-hydrogen) atoms. The molecule has 2 aliphatic carbocycles. The van der Waals surface area contributed by atoms with Gasteiger partial charge in [-0.3, -0.25) is 14.9 Å². The molecule has 1 heterocycles. The van der Waals surface area contributed by atoms with Gasteiger partial charge in [-0.25, -0.2) is 0 Å². The molecule has 2 amide bonds. The zero-order valence-electron chi connectivity index (χ0n) is 21.3. The van der Waals surface area contributed by atoms with Gasteiger partial charge in [-0.2, -0.15) is 0 Å². The highest BCUT2D eigenvalue weighted by molar-refractivity contribution is 6.01. The zero-order valence-corrected chi connectivity index (χ0v) is 21.3. The molecule has 3 aliphatic rings. The number of rotatable bonds is 12. The summed E-state index contributed by atoms with van der Waals surface area (Å²) in [6.07, 6.45) is 11.5. The molecule has 6 nitrogen and oxygen atoms in total. The predicted octanol–water partition coefficient (Wildman–Crippen LogP) is 5.07. The molecular formula is C28H44N4O2. The van der Waals surface area contributed by atoms with E-state index in [1.54, 1.807) is 0 Å². The first kappa shape index (κ1) is 25.0. The number of unbranched alkanes of at least 4 members (excludes halogenated alkanes) is 4. The van der Waals surface area contributed by atoms with Gasteiger partial charge in [-0.05, 0) is 86.1 Å². The van der Waals surface area contributed by atoms with Crippen LogP contribution in [0.2, 0.25) is 0 Å². The summed E-state index contributed by atoms with van der Waals surface area (Å²) in [4.78, 5) is 23.1. The van der Waals surface area contributed by atoms with Crippen LogP contribution in [0, 0.1) is 16.7 Å². The Morgan fingerprint density at radius 1 is 0.912 bits per heavy atom. The quantitative estimate of drug-likeness (QED) is 0.254. The minimum Gasteiger partial charge on any atom is -0.385 e. The number of piperidine rings is 1. The highest BCUT2D eigenvalue weighted by Crippen LogP contribution is 2.65. The summed E-state index contributed by atoms with van der Waals surface area (Å²) < 4.78 is 0. The summed E-state index contributed by atoms with van der Waals surface area (Å²) in [5.74, 6) is 0.492. The fourth-order valence-electron chi connectivity index (χ4n) is 6.52. The minimum atomic E-state index is -0.338. The van der Waals surface area contributed by atoms with Crippen LogP contribution < -0.4 is 21.3 Å². The van der Waals surface area contributed by atoms with E-state index in [4.69, 9.17) is 0 Å². The maximum atomic E-state index is 11.9. The van der Waals surface area contributed by atoms with Crippen LogP contribution in [0.5, 0.6) is 0 Å². The van der Waals surface area contributed by atoms with Crippen LogP contribution in [0.15, 0.2) is 24.3 Å². The van der Waals surface area contributed by atoms with Crippen molar-refractivity contribution >= 4 is 23.2 Å². The van der Waals surface area contributed by atoms with E-state index in [2.05, 4.69) is 42.0 Å². The number of benzene rings is 1. The van der Waals surface area contributed by atoms with E-state index < -0.39 is 0 Å². The van der Waals surface area contributed by atoms with Gasteiger partial charge in [0.05, 0.1) is 0 Å². The standard InChI is InChI=1S/C28H44N4O2/c1-27(2)20-15-16-28(27,3)24(19-20)30-18-8-6-4-5-7-17-29-21-9-11-22(12-10-21)31-23-13-14-25(33)32-26(23)34/h9-12,20,23-24,29-31H,4-8,13-19H2,1-3H3,(H,32,33,34)/t20-,23?,24+,28+/m1/s1. The Morgan fingerprint density at radius 3 is 2.24 bits per heavy atom. The average Bonchev–Trinajstić information content (AvgIpc) is 3.14. The molecule has 0 radical (unpaired) electrons. The van der Waals surface area contributed by atoms with Gasteiger partial charge in [0.2, 0.25) is 11.8 Å². The van der Waals surface area contributed by atoms with Gasteiger partial charge in [0, 0.05) is 30.4 Å². The fourth-order valence-corrected chi connectivity index (χ4v) is 6.52. The SMILES string of the molecule is CC1(C)[C@@H]2CC[C@@]1(C)[C@@H](NCCCCCCCNc1ccc(NC3CCC(=O)NC3=O)cc1)C2. The molecule has 0 aromatic heterocycles. The highest BCUT2D eigenvalue weighted by Gasteiger charge is 2.60. The topological polar surface area (TPSA) is 82.3 Å². The summed E-state index contributed by atoms with van der Waals surface area (Å²) in [6.45, 7) is 9.66. The number of carbonyl (C=O) groups excluding carboxylic acids is 2. The van der Waals surface area contributed by atoms with Gasteiger partial charge in [-0.15, -0.1) is 0 Å². The minimum absolute atomic E-state index is 0.187. The van der Waals surface area contributed by atoms with Gasteiger partial charge in [0.25, 0.3) is 0 Å². The van der Waals surface area contributed by atoms with E-state index in [9.17, 15) is 9.59 Å². The van der Waals surface area contributed by atoms with Crippen molar-refractivity contribution in [3.8, 4) is 0 Å². The lowest BCUT2D eigenvalue weighted by molar-refractivity contribution is -0.133. The summed E-state index contributed by atoms with van der Waals surface area (Å²) in [7, 11) is 0. The smallest absolute Gasteiger partial charge is 0.249 e. The Bertz CT molecular complexity index is 852. The van der Waals surface area contributed by atoms with Gasteiger partial charge in [-0.1, -0.05) is 40.0 Å². The van der Waals surface area contributed by atoms with Crippen LogP contribution in [0.25, 0.3) is 0 Å². The van der Waals surface area contributed by atoms with Crippen LogP contribution in [0.4, 0.5) is 11.4 Å². The maximum absolute atomic E-state index is 11.9. The van der Waals surface area contributed by atoms with E-state index in [0.29, 0.717) is 23.7 Å². The number of fused-ring (bicyclic) bond motifs is 2. The van der Waals surface area contributed by atoms with E-state index in [-0.39, 0.29) is 17.9 Å². The molecule has 1 aliphatic heterocycles. The maximum Gasteiger partial charge on any atom is 0.249 e. The van der Waals surface area contributed by atoms with Crippen LogP contribution >= 0.6 is 0 Å². The third kappa shape index (κ3) is 5.42. The van der Waals surface area contributed by atoms with Gasteiger partial charge >= 0.3 is 0 Å². The van der Waals surface area contributed by atoms with Crippen LogP contribution in [-0.2, 0) is 9.59 Å². The summed E-state index contributed by atoms with van der Waals surface area (Å²) >= 11 is 0. The van der Waals surface area contributed by atoms with Crippen LogP contribution in [-0.4, -0.2) is 37.0 Å². The van der Waals surface area contributed by atoms with E-state index in [0.717, 1.165) is 29.9 Å². The van der Waals surface area contributed by atoms with Crippen molar-refractivity contribution in [2.75, 3.05) is 23.7 Å². The van der Waals surface area contributed by atoms with Crippen LogP contribution in [0.3, 0.4) is 0 Å². The van der Waals surface area contributed by atoms with Crippen LogP contribution in [0.1, 0.15) is 85.0 Å². The number of amides is 2. The first-order valence-electron chi connectivity index (χ1n) is 13.5. The van der Waals surface area contributed by atoms with Gasteiger partial charge in [0.15, 0.2) is 0 Å². The monoisotopic (exact) mass is 468 g/mol. The predicted molar refractivity (Wildman–Crippen MR) is 139 cm³/mol. The lowest BCUT2D eigenvalue weighted by atomic mass is 9.69. The Labute approximate surface area is 205 Å². The summed E-state index contributed by atoms with van der Waals surface area (Å²) in [5, 5.41) is 13.0. The van der Waals surface area contributed by atoms with Crippen molar-refractivity contribution in [3.63, 3.8) is 0 Å². The second-order valence-corrected chi connectivity index (χ2v) is 11.5. The Morgan fingerprint density at radius 2 is 1.59 bits per heavy atom. The van der Waals surface area contributed by atoms with E-state index in [1.165, 1.54) is 57.9 Å². The molecule has 4 N–H and O–H groups in total.